The lowest BCUT2D eigenvalue weighted by atomic mass is 10.0. The van der Waals surface area contributed by atoms with E-state index in [0.29, 0.717) is 0 Å². The van der Waals surface area contributed by atoms with Crippen LogP contribution in [0.15, 0.2) is 92.0 Å². The van der Waals surface area contributed by atoms with Gasteiger partial charge in [0.2, 0.25) is 0 Å². The Balaban J connectivity index is 1.62. The highest BCUT2D eigenvalue weighted by molar-refractivity contribution is 6.75. The minimum Gasteiger partial charge on any atom is -0.355 e. The molecule has 2 aliphatic heterocycles. The number of aromatic amines is 2. The predicted molar refractivity (Wildman–Crippen MR) is 197 cm³/mol. The standard InChI is InChI=1S/C40H36N4Si/c1-6-26-10-8-12-28(22-26)39-35-16-14-30(41-35)24-31-15-17-36(42-31)40(29-13-9-11-27(7-2)23-29)38-21-19-34(44-38)32(25-45(3,4)5)33-18-20-37(39)43-33/h6-24,41,44H,1-2,25H2,3-5H3. The molecule has 220 valence electrons. The van der Waals surface area contributed by atoms with Gasteiger partial charge in [0.15, 0.2) is 0 Å². The highest BCUT2D eigenvalue weighted by Gasteiger charge is 2.21. The third-order valence-corrected chi connectivity index (χ3v) is 9.63. The fourth-order valence-corrected chi connectivity index (χ4v) is 7.60. The molecule has 0 saturated carbocycles. The van der Waals surface area contributed by atoms with Crippen LogP contribution < -0.4 is 0 Å². The van der Waals surface area contributed by atoms with Crippen LogP contribution in [0.4, 0.5) is 0 Å². The Bertz CT molecular complexity index is 2170. The summed E-state index contributed by atoms with van der Waals surface area (Å²) < 4.78 is 0. The van der Waals surface area contributed by atoms with E-state index in [9.17, 15) is 0 Å². The van der Waals surface area contributed by atoms with Crippen molar-refractivity contribution >= 4 is 66.6 Å². The van der Waals surface area contributed by atoms with Crippen LogP contribution in [0, 0.1) is 0 Å². The van der Waals surface area contributed by atoms with E-state index in [0.717, 1.165) is 84.3 Å². The molecule has 7 rings (SSSR count). The van der Waals surface area contributed by atoms with Crippen LogP contribution in [0.3, 0.4) is 0 Å². The monoisotopic (exact) mass is 600 g/mol. The summed E-state index contributed by atoms with van der Waals surface area (Å²) in [5, 5.41) is 0. The zero-order chi connectivity index (χ0) is 31.1. The van der Waals surface area contributed by atoms with Crippen LogP contribution in [0.1, 0.15) is 39.5 Å². The van der Waals surface area contributed by atoms with Gasteiger partial charge >= 0.3 is 0 Å². The molecule has 2 N–H and O–H groups in total. The Labute approximate surface area is 265 Å². The quantitative estimate of drug-likeness (QED) is 0.187. The van der Waals surface area contributed by atoms with E-state index in [1.807, 2.05) is 12.2 Å². The molecule has 5 aromatic rings. The maximum absolute atomic E-state index is 5.34. The second-order valence-corrected chi connectivity index (χ2v) is 18.3. The van der Waals surface area contributed by atoms with E-state index in [1.54, 1.807) is 0 Å². The highest BCUT2D eigenvalue weighted by Crippen LogP contribution is 2.34. The van der Waals surface area contributed by atoms with E-state index in [4.69, 9.17) is 9.97 Å². The predicted octanol–water partition coefficient (Wildman–Crippen LogP) is 10.7. The van der Waals surface area contributed by atoms with Gasteiger partial charge in [-0.05, 0) is 101 Å². The molecule has 5 heteroatoms. The second kappa shape index (κ2) is 11.3. The minimum absolute atomic E-state index is 0.893. The van der Waals surface area contributed by atoms with Gasteiger partial charge in [-0.1, -0.05) is 81.3 Å². The summed E-state index contributed by atoms with van der Waals surface area (Å²) in [5.41, 5.74) is 15.6. The largest absolute Gasteiger partial charge is 0.355 e. The molecule has 0 spiro atoms. The molecule has 0 fully saturated rings. The first kappa shape index (κ1) is 28.5. The highest BCUT2D eigenvalue weighted by atomic mass is 28.3. The summed E-state index contributed by atoms with van der Waals surface area (Å²) >= 11 is 0. The maximum atomic E-state index is 5.34. The molecule has 0 amide bonds. The van der Waals surface area contributed by atoms with Crippen molar-refractivity contribution in [1.82, 2.24) is 19.9 Å². The summed E-state index contributed by atoms with van der Waals surface area (Å²) in [6, 6.07) is 28.7. The van der Waals surface area contributed by atoms with Gasteiger partial charge in [0, 0.05) is 41.3 Å². The Hall–Kier alpha value is -5.26. The normalized spacial score (nSPS) is 12.4. The van der Waals surface area contributed by atoms with Crippen LogP contribution in [0.5, 0.6) is 0 Å². The molecular weight excluding hydrogens is 565 g/mol. The van der Waals surface area contributed by atoms with Crippen molar-refractivity contribution in [2.45, 2.75) is 25.7 Å². The van der Waals surface area contributed by atoms with Gasteiger partial charge in [-0.25, -0.2) is 9.97 Å². The molecular formula is C40H36N4Si. The molecule has 0 aliphatic carbocycles. The van der Waals surface area contributed by atoms with E-state index >= 15 is 0 Å². The molecule has 0 unspecified atom stereocenters. The Kier molecular flexibility index (Phi) is 7.19. The average molecular weight is 601 g/mol. The Morgan fingerprint density at radius 3 is 1.87 bits per heavy atom. The Morgan fingerprint density at radius 1 is 0.622 bits per heavy atom. The van der Waals surface area contributed by atoms with E-state index in [1.165, 1.54) is 5.56 Å². The van der Waals surface area contributed by atoms with Crippen LogP contribution in [0.25, 0.3) is 80.8 Å². The summed E-state index contributed by atoms with van der Waals surface area (Å²) in [4.78, 5) is 17.9. The smallest absolute Gasteiger partial charge is 0.0737 e. The Morgan fingerprint density at radius 2 is 1.20 bits per heavy atom. The lowest BCUT2D eigenvalue weighted by Crippen LogP contribution is -2.24. The number of nitrogens with zero attached hydrogens (tertiary/aromatic N) is 2. The van der Waals surface area contributed by atoms with Gasteiger partial charge in [-0.2, -0.15) is 0 Å². The fourth-order valence-electron chi connectivity index (χ4n) is 6.16. The van der Waals surface area contributed by atoms with Gasteiger partial charge < -0.3 is 9.97 Å². The minimum atomic E-state index is -1.54. The molecule has 0 radical (unpaired) electrons. The number of benzene rings is 2. The summed E-state index contributed by atoms with van der Waals surface area (Å²) in [7, 11) is -1.54. The van der Waals surface area contributed by atoms with Crippen LogP contribution in [-0.2, 0) is 6.04 Å². The first-order valence-corrected chi connectivity index (χ1v) is 19.1. The molecule has 4 nitrogen and oxygen atoms in total. The third-order valence-electron chi connectivity index (χ3n) is 8.21. The molecule has 0 atom stereocenters. The molecule has 8 bridgehead atoms. The molecule has 2 aliphatic rings. The number of hydrogen-bond donors (Lipinski definition) is 2. The third kappa shape index (κ3) is 5.70. The summed E-state index contributed by atoms with van der Waals surface area (Å²) in [6.45, 7) is 15.2. The maximum Gasteiger partial charge on any atom is 0.0737 e. The van der Waals surface area contributed by atoms with E-state index in [2.05, 4.69) is 146 Å². The number of nitrogens with one attached hydrogen (secondary N) is 2. The van der Waals surface area contributed by atoms with Crippen molar-refractivity contribution in [2.24, 2.45) is 0 Å². The molecule has 45 heavy (non-hydrogen) atoms. The average Bonchev–Trinajstić information content (AvgIpc) is 3.85. The van der Waals surface area contributed by atoms with Gasteiger partial charge in [-0.3, -0.25) is 0 Å². The number of rotatable bonds is 6. The zero-order valence-electron chi connectivity index (χ0n) is 26.0. The van der Waals surface area contributed by atoms with Crippen molar-refractivity contribution in [3.63, 3.8) is 0 Å². The lowest BCUT2D eigenvalue weighted by molar-refractivity contribution is 1.22. The fraction of sp³-hybridized carbons (Fsp3) is 0.100. The number of hydrogen-bond acceptors (Lipinski definition) is 2. The van der Waals surface area contributed by atoms with Crippen molar-refractivity contribution in [2.75, 3.05) is 0 Å². The van der Waals surface area contributed by atoms with E-state index < -0.39 is 8.07 Å². The molecule has 2 aromatic carbocycles. The van der Waals surface area contributed by atoms with E-state index in [-0.39, 0.29) is 0 Å². The van der Waals surface area contributed by atoms with Crippen LogP contribution in [-0.4, -0.2) is 28.0 Å². The summed E-state index contributed by atoms with van der Waals surface area (Å²) in [5.74, 6) is 0. The molecule has 3 aromatic heterocycles. The zero-order valence-corrected chi connectivity index (χ0v) is 27.0. The van der Waals surface area contributed by atoms with Crippen molar-refractivity contribution < 1.29 is 0 Å². The molecule has 5 heterocycles. The summed E-state index contributed by atoms with van der Waals surface area (Å²) in [6.07, 6.45) is 12.3. The van der Waals surface area contributed by atoms with Crippen LogP contribution in [0.2, 0.25) is 19.6 Å². The van der Waals surface area contributed by atoms with Gasteiger partial charge in [0.05, 0.1) is 22.8 Å². The van der Waals surface area contributed by atoms with Crippen molar-refractivity contribution in [3.8, 4) is 22.3 Å². The van der Waals surface area contributed by atoms with Crippen molar-refractivity contribution in [3.05, 3.63) is 131 Å². The van der Waals surface area contributed by atoms with Crippen LogP contribution >= 0.6 is 0 Å². The number of fused-ring (bicyclic) bond motifs is 8. The first-order valence-electron chi connectivity index (χ1n) is 15.4. The van der Waals surface area contributed by atoms with Gasteiger partial charge in [0.1, 0.15) is 0 Å². The molecule has 0 saturated heterocycles. The number of aromatic nitrogens is 4. The topological polar surface area (TPSA) is 57.4 Å². The lowest BCUT2D eigenvalue weighted by Gasteiger charge is -2.16. The first-order chi connectivity index (χ1) is 21.8. The van der Waals surface area contributed by atoms with Gasteiger partial charge in [-0.15, -0.1) is 0 Å². The number of H-pyrrole nitrogens is 2. The SMILES string of the molecule is C=Cc1cccc(-c2c3nc(c(C[Si](C)(C)C)c4ccc([nH]4)c(-c4cccc(C=C)c4)c4nc(cc5ccc2[nH]5)C=C4)C=C3)c1. The van der Waals surface area contributed by atoms with Gasteiger partial charge in [0.25, 0.3) is 0 Å². The van der Waals surface area contributed by atoms with Crippen molar-refractivity contribution in [1.29, 1.82) is 0 Å². The second-order valence-electron chi connectivity index (χ2n) is 12.9.